The van der Waals surface area contributed by atoms with E-state index in [0.717, 1.165) is 6.07 Å². The fourth-order valence-corrected chi connectivity index (χ4v) is 1.60. The first-order valence-electron chi connectivity index (χ1n) is 5.60. The molecule has 8 heteroatoms. The SMILES string of the molecule is Cn1ncc(CNC(=O)c2ccc(F)c(F)c2F)c1N. The summed E-state index contributed by atoms with van der Waals surface area (Å²) in [5.41, 5.74) is 5.62. The van der Waals surface area contributed by atoms with E-state index in [-0.39, 0.29) is 6.54 Å². The van der Waals surface area contributed by atoms with Gasteiger partial charge in [0.05, 0.1) is 11.8 Å². The minimum absolute atomic E-state index is 0.00303. The Morgan fingerprint density at radius 3 is 2.65 bits per heavy atom. The van der Waals surface area contributed by atoms with E-state index >= 15 is 0 Å². The van der Waals surface area contributed by atoms with Crippen LogP contribution in [0.15, 0.2) is 18.3 Å². The third kappa shape index (κ3) is 2.44. The van der Waals surface area contributed by atoms with Gasteiger partial charge in [-0.15, -0.1) is 0 Å². The molecule has 0 atom stereocenters. The van der Waals surface area contributed by atoms with Gasteiger partial charge in [-0.25, -0.2) is 13.2 Å². The van der Waals surface area contributed by atoms with Gasteiger partial charge in [0.2, 0.25) is 0 Å². The summed E-state index contributed by atoms with van der Waals surface area (Å²) in [5.74, 6) is -5.09. The maximum Gasteiger partial charge on any atom is 0.254 e. The third-order valence-electron chi connectivity index (χ3n) is 2.78. The number of nitrogens with two attached hydrogens (primary N) is 1. The number of carbonyl (C=O) groups is 1. The van der Waals surface area contributed by atoms with E-state index < -0.39 is 28.9 Å². The highest BCUT2D eigenvalue weighted by atomic mass is 19.2. The minimum atomic E-state index is -1.68. The van der Waals surface area contributed by atoms with E-state index in [9.17, 15) is 18.0 Å². The molecule has 20 heavy (non-hydrogen) atoms. The third-order valence-corrected chi connectivity index (χ3v) is 2.78. The number of benzene rings is 1. The van der Waals surface area contributed by atoms with E-state index in [4.69, 9.17) is 5.73 Å². The van der Waals surface area contributed by atoms with Gasteiger partial charge < -0.3 is 11.1 Å². The number of amides is 1. The number of carbonyl (C=O) groups excluding carboxylic acids is 1. The molecular weight excluding hydrogens is 273 g/mol. The van der Waals surface area contributed by atoms with Crippen molar-refractivity contribution >= 4 is 11.7 Å². The number of halogens is 3. The molecule has 0 aliphatic carbocycles. The highest BCUT2D eigenvalue weighted by Crippen LogP contribution is 2.15. The predicted molar refractivity (Wildman–Crippen MR) is 65.1 cm³/mol. The number of nitrogens with zero attached hydrogens (tertiary/aromatic N) is 2. The molecule has 2 rings (SSSR count). The van der Waals surface area contributed by atoms with Crippen LogP contribution >= 0.6 is 0 Å². The standard InChI is InChI=1S/C12H11F3N4O/c1-19-11(16)6(5-18-19)4-17-12(20)7-2-3-8(13)10(15)9(7)14/h2-3,5H,4,16H2,1H3,(H,17,20). The van der Waals surface area contributed by atoms with Crippen LogP contribution in [0.3, 0.4) is 0 Å². The summed E-state index contributed by atoms with van der Waals surface area (Å²) in [7, 11) is 1.62. The average molecular weight is 284 g/mol. The molecule has 3 N–H and O–H groups in total. The highest BCUT2D eigenvalue weighted by molar-refractivity contribution is 5.94. The van der Waals surface area contributed by atoms with Gasteiger partial charge in [-0.1, -0.05) is 0 Å². The Kier molecular flexibility index (Phi) is 3.64. The topological polar surface area (TPSA) is 72.9 Å². The van der Waals surface area contributed by atoms with Crippen LogP contribution in [0.4, 0.5) is 19.0 Å². The van der Waals surface area contributed by atoms with Crippen LogP contribution in [0.2, 0.25) is 0 Å². The first kappa shape index (κ1) is 13.9. The van der Waals surface area contributed by atoms with E-state index in [1.165, 1.54) is 10.9 Å². The van der Waals surface area contributed by atoms with Crippen LogP contribution in [0, 0.1) is 17.5 Å². The quantitative estimate of drug-likeness (QED) is 0.836. The van der Waals surface area contributed by atoms with Crippen LogP contribution in [0.25, 0.3) is 0 Å². The maximum absolute atomic E-state index is 13.4. The highest BCUT2D eigenvalue weighted by Gasteiger charge is 2.18. The lowest BCUT2D eigenvalue weighted by Gasteiger charge is -2.06. The molecule has 2 aromatic rings. The normalized spacial score (nSPS) is 10.6. The summed E-state index contributed by atoms with van der Waals surface area (Å²) in [4.78, 5) is 11.7. The molecule has 1 aromatic heterocycles. The number of aryl methyl sites for hydroxylation is 1. The smallest absolute Gasteiger partial charge is 0.254 e. The maximum atomic E-state index is 13.4. The Hall–Kier alpha value is -2.51. The van der Waals surface area contributed by atoms with Crippen molar-refractivity contribution in [1.29, 1.82) is 0 Å². The largest absolute Gasteiger partial charge is 0.384 e. The number of nitrogens with one attached hydrogen (secondary N) is 1. The van der Waals surface area contributed by atoms with E-state index in [1.807, 2.05) is 0 Å². The Labute approximate surface area is 112 Å². The van der Waals surface area contributed by atoms with Crippen molar-refractivity contribution in [2.75, 3.05) is 5.73 Å². The zero-order valence-electron chi connectivity index (χ0n) is 10.5. The molecule has 1 amide bonds. The Bertz CT molecular complexity index is 669. The zero-order valence-corrected chi connectivity index (χ0v) is 10.5. The molecule has 0 fully saturated rings. The summed E-state index contributed by atoms with van der Waals surface area (Å²) >= 11 is 0. The molecule has 0 saturated carbocycles. The van der Waals surface area contributed by atoms with Crippen molar-refractivity contribution in [1.82, 2.24) is 15.1 Å². The van der Waals surface area contributed by atoms with Crippen LogP contribution in [-0.2, 0) is 13.6 Å². The molecule has 0 unspecified atom stereocenters. The van der Waals surface area contributed by atoms with Gasteiger partial charge in [0.1, 0.15) is 5.82 Å². The molecule has 0 bridgehead atoms. The van der Waals surface area contributed by atoms with Crippen molar-refractivity contribution in [2.45, 2.75) is 6.54 Å². The lowest BCUT2D eigenvalue weighted by atomic mass is 10.2. The van der Waals surface area contributed by atoms with E-state index in [2.05, 4.69) is 10.4 Å². The average Bonchev–Trinajstić information content (AvgIpc) is 2.74. The molecule has 0 saturated heterocycles. The lowest BCUT2D eigenvalue weighted by Crippen LogP contribution is -2.24. The van der Waals surface area contributed by atoms with Gasteiger partial charge in [0.15, 0.2) is 17.5 Å². The minimum Gasteiger partial charge on any atom is -0.384 e. The summed E-state index contributed by atoms with van der Waals surface area (Å²) in [5, 5.41) is 6.22. The number of anilines is 1. The molecular formula is C12H11F3N4O. The summed E-state index contributed by atoms with van der Waals surface area (Å²) < 4.78 is 40.6. The van der Waals surface area contributed by atoms with Crippen molar-refractivity contribution in [3.63, 3.8) is 0 Å². The summed E-state index contributed by atoms with van der Waals surface area (Å²) in [6.07, 6.45) is 1.44. The lowest BCUT2D eigenvalue weighted by molar-refractivity contribution is 0.0945. The molecule has 5 nitrogen and oxygen atoms in total. The molecule has 1 aromatic carbocycles. The Morgan fingerprint density at radius 1 is 1.35 bits per heavy atom. The van der Waals surface area contributed by atoms with Gasteiger partial charge in [-0.3, -0.25) is 9.48 Å². The van der Waals surface area contributed by atoms with Crippen molar-refractivity contribution in [2.24, 2.45) is 7.05 Å². The fourth-order valence-electron chi connectivity index (χ4n) is 1.60. The molecule has 0 radical (unpaired) electrons. The van der Waals surface area contributed by atoms with E-state index in [1.54, 1.807) is 7.05 Å². The predicted octanol–water partition coefficient (Wildman–Crippen LogP) is 1.35. The molecule has 1 heterocycles. The number of aromatic nitrogens is 2. The molecule has 0 aliphatic heterocycles. The molecule has 0 spiro atoms. The Balaban J connectivity index is 2.13. The molecule has 106 valence electrons. The first-order valence-corrected chi connectivity index (χ1v) is 5.60. The summed E-state index contributed by atoms with van der Waals surface area (Å²) in [6, 6.07) is 1.56. The number of nitrogen functional groups attached to an aromatic ring is 1. The van der Waals surface area contributed by atoms with Gasteiger partial charge in [-0.2, -0.15) is 5.10 Å². The second-order valence-corrected chi connectivity index (χ2v) is 4.08. The summed E-state index contributed by atoms with van der Waals surface area (Å²) in [6.45, 7) is -0.00303. The van der Waals surface area contributed by atoms with Crippen LogP contribution in [0.1, 0.15) is 15.9 Å². The van der Waals surface area contributed by atoms with E-state index in [0.29, 0.717) is 17.4 Å². The zero-order chi connectivity index (χ0) is 14.9. The van der Waals surface area contributed by atoms with Crippen LogP contribution in [0.5, 0.6) is 0 Å². The van der Waals surface area contributed by atoms with Crippen molar-refractivity contribution < 1.29 is 18.0 Å². The fraction of sp³-hybridized carbons (Fsp3) is 0.167. The van der Waals surface area contributed by atoms with Crippen molar-refractivity contribution in [3.05, 3.63) is 46.9 Å². The van der Waals surface area contributed by atoms with Crippen LogP contribution < -0.4 is 11.1 Å². The van der Waals surface area contributed by atoms with Crippen LogP contribution in [-0.4, -0.2) is 15.7 Å². The van der Waals surface area contributed by atoms with Gasteiger partial charge in [-0.05, 0) is 12.1 Å². The number of rotatable bonds is 3. The molecule has 0 aliphatic rings. The first-order chi connectivity index (χ1) is 9.41. The van der Waals surface area contributed by atoms with Gasteiger partial charge >= 0.3 is 0 Å². The second-order valence-electron chi connectivity index (χ2n) is 4.08. The second kappa shape index (κ2) is 5.24. The van der Waals surface area contributed by atoms with Crippen molar-refractivity contribution in [3.8, 4) is 0 Å². The Morgan fingerprint density at radius 2 is 2.05 bits per heavy atom. The number of hydrogen-bond donors (Lipinski definition) is 2. The monoisotopic (exact) mass is 284 g/mol. The van der Waals surface area contributed by atoms with Gasteiger partial charge in [0.25, 0.3) is 5.91 Å². The van der Waals surface area contributed by atoms with Gasteiger partial charge in [0, 0.05) is 19.2 Å². The number of hydrogen-bond acceptors (Lipinski definition) is 3.